The average molecular weight is 376 g/mol. The lowest BCUT2D eigenvalue weighted by molar-refractivity contribution is -0.384. The number of nitro benzene ring substituents is 1. The van der Waals surface area contributed by atoms with Gasteiger partial charge in [-0.25, -0.2) is 0 Å². The van der Waals surface area contributed by atoms with Crippen molar-refractivity contribution in [2.75, 3.05) is 0 Å². The highest BCUT2D eigenvalue weighted by Gasteiger charge is 2.13. The van der Waals surface area contributed by atoms with Crippen molar-refractivity contribution in [1.82, 2.24) is 0 Å². The summed E-state index contributed by atoms with van der Waals surface area (Å²) < 4.78 is 5.71. The molecule has 0 unspecified atom stereocenters. The second kappa shape index (κ2) is 7.57. The molecule has 6 nitrogen and oxygen atoms in total. The van der Waals surface area contributed by atoms with Crippen LogP contribution in [0.5, 0.6) is 0 Å². The molecule has 0 radical (unpaired) electrons. The van der Waals surface area contributed by atoms with Gasteiger partial charge >= 0.3 is 0 Å². The molecule has 27 heavy (non-hydrogen) atoms. The first-order valence-electron chi connectivity index (χ1n) is 7.68. The Balaban J connectivity index is 1.95. The molecule has 0 bridgehead atoms. The Morgan fingerprint density at radius 3 is 2.63 bits per heavy atom. The van der Waals surface area contributed by atoms with Crippen LogP contribution in [0, 0.1) is 32.8 Å². The maximum absolute atomic E-state index is 10.8. The van der Waals surface area contributed by atoms with E-state index >= 15 is 0 Å². The largest absolute Gasteiger partial charge is 0.457 e. The molecule has 7 heteroatoms. The van der Waals surface area contributed by atoms with Crippen LogP contribution in [-0.2, 0) is 0 Å². The molecular weight excluding hydrogens is 366 g/mol. The lowest BCUT2D eigenvalue weighted by Gasteiger charge is -2.01. The van der Waals surface area contributed by atoms with Gasteiger partial charge in [-0.15, -0.1) is 0 Å². The lowest BCUT2D eigenvalue weighted by Crippen LogP contribution is -1.88. The SMILES string of the molecule is N#CC(=Cc1ccc(-c2ccc([N+](=O)[O-])cc2Cl)o1)c1cccc(C#N)c1. The van der Waals surface area contributed by atoms with E-state index < -0.39 is 4.92 Å². The zero-order chi connectivity index (χ0) is 19.4. The van der Waals surface area contributed by atoms with Gasteiger partial charge in [0.05, 0.1) is 33.2 Å². The zero-order valence-electron chi connectivity index (χ0n) is 13.7. The molecule has 0 aliphatic carbocycles. The number of nitriles is 2. The molecule has 3 aromatic rings. The van der Waals surface area contributed by atoms with E-state index in [1.54, 1.807) is 42.5 Å². The molecule has 0 fully saturated rings. The van der Waals surface area contributed by atoms with Crippen LogP contribution in [0.2, 0.25) is 5.02 Å². The van der Waals surface area contributed by atoms with Crippen molar-refractivity contribution in [1.29, 1.82) is 10.5 Å². The van der Waals surface area contributed by atoms with Crippen molar-refractivity contribution in [2.45, 2.75) is 0 Å². The zero-order valence-corrected chi connectivity index (χ0v) is 14.5. The number of hydrogen-bond acceptors (Lipinski definition) is 5. The van der Waals surface area contributed by atoms with Crippen LogP contribution < -0.4 is 0 Å². The van der Waals surface area contributed by atoms with Crippen molar-refractivity contribution in [3.8, 4) is 23.5 Å². The van der Waals surface area contributed by atoms with E-state index in [0.29, 0.717) is 33.8 Å². The van der Waals surface area contributed by atoms with Crippen LogP contribution in [0.1, 0.15) is 16.9 Å². The van der Waals surface area contributed by atoms with E-state index in [4.69, 9.17) is 21.3 Å². The van der Waals surface area contributed by atoms with Crippen LogP contribution in [0.3, 0.4) is 0 Å². The standard InChI is InChI=1S/C20H10ClN3O3/c21-19-10-16(24(25)26)4-6-18(19)20-7-5-17(27-20)9-15(12-23)14-3-1-2-13(8-14)11-22/h1-10H. The lowest BCUT2D eigenvalue weighted by atomic mass is 10.0. The van der Waals surface area contributed by atoms with Crippen LogP contribution in [0.25, 0.3) is 23.0 Å². The van der Waals surface area contributed by atoms with E-state index in [0.717, 1.165) is 0 Å². The maximum atomic E-state index is 10.8. The monoisotopic (exact) mass is 375 g/mol. The minimum atomic E-state index is -0.527. The Kier molecular flexibility index (Phi) is 5.03. The Bertz CT molecular complexity index is 1150. The normalized spacial score (nSPS) is 10.9. The minimum Gasteiger partial charge on any atom is -0.457 e. The molecule has 0 saturated heterocycles. The van der Waals surface area contributed by atoms with Gasteiger partial charge in [0.1, 0.15) is 11.5 Å². The summed E-state index contributed by atoms with van der Waals surface area (Å²) in [5, 5.41) is 29.4. The Morgan fingerprint density at radius 2 is 1.96 bits per heavy atom. The van der Waals surface area contributed by atoms with Gasteiger partial charge in [-0.3, -0.25) is 10.1 Å². The smallest absolute Gasteiger partial charge is 0.270 e. The second-order valence-corrected chi connectivity index (χ2v) is 5.89. The topological polar surface area (TPSA) is 104 Å². The highest BCUT2D eigenvalue weighted by atomic mass is 35.5. The Labute approximate surface area is 159 Å². The minimum absolute atomic E-state index is 0.112. The molecule has 2 aromatic carbocycles. The van der Waals surface area contributed by atoms with Crippen molar-refractivity contribution < 1.29 is 9.34 Å². The highest BCUT2D eigenvalue weighted by molar-refractivity contribution is 6.33. The maximum Gasteiger partial charge on any atom is 0.270 e. The number of benzene rings is 2. The fourth-order valence-electron chi connectivity index (χ4n) is 2.47. The fourth-order valence-corrected chi connectivity index (χ4v) is 2.74. The molecule has 0 aliphatic heterocycles. The van der Waals surface area contributed by atoms with E-state index in [1.807, 2.05) is 6.07 Å². The molecule has 0 saturated carbocycles. The number of non-ortho nitro benzene ring substituents is 1. The third-order valence-corrected chi connectivity index (χ3v) is 4.08. The summed E-state index contributed by atoms with van der Waals surface area (Å²) in [4.78, 5) is 10.3. The second-order valence-electron chi connectivity index (χ2n) is 5.49. The van der Waals surface area contributed by atoms with Crippen molar-refractivity contribution in [3.05, 3.63) is 86.6 Å². The van der Waals surface area contributed by atoms with E-state index in [1.165, 1.54) is 18.2 Å². The summed E-state index contributed by atoms with van der Waals surface area (Å²) in [6, 6.07) is 18.3. The average Bonchev–Trinajstić information content (AvgIpc) is 3.14. The molecule has 0 spiro atoms. The molecule has 3 rings (SSSR count). The number of rotatable bonds is 4. The third kappa shape index (κ3) is 3.87. The van der Waals surface area contributed by atoms with Crippen LogP contribution in [-0.4, -0.2) is 4.92 Å². The molecular formula is C20H10ClN3O3. The Morgan fingerprint density at radius 1 is 1.15 bits per heavy atom. The number of allylic oxidation sites excluding steroid dienone is 1. The van der Waals surface area contributed by atoms with Crippen LogP contribution in [0.4, 0.5) is 5.69 Å². The number of furan rings is 1. The summed E-state index contributed by atoms with van der Waals surface area (Å²) in [6.07, 6.45) is 1.55. The first kappa shape index (κ1) is 17.9. The number of hydrogen-bond donors (Lipinski definition) is 0. The van der Waals surface area contributed by atoms with Crippen LogP contribution in [0.15, 0.2) is 59.0 Å². The quantitative estimate of drug-likeness (QED) is 0.343. The summed E-state index contributed by atoms with van der Waals surface area (Å²) in [5.74, 6) is 0.836. The fraction of sp³-hybridized carbons (Fsp3) is 0. The van der Waals surface area contributed by atoms with E-state index in [2.05, 4.69) is 6.07 Å². The van der Waals surface area contributed by atoms with Crippen molar-refractivity contribution in [3.63, 3.8) is 0 Å². The summed E-state index contributed by atoms with van der Waals surface area (Å²) in [7, 11) is 0. The van der Waals surface area contributed by atoms with Crippen LogP contribution >= 0.6 is 11.6 Å². The number of halogens is 1. The molecule has 1 aromatic heterocycles. The molecule has 130 valence electrons. The first-order chi connectivity index (χ1) is 13.0. The molecule has 0 amide bonds. The third-order valence-electron chi connectivity index (χ3n) is 3.77. The Hall–Kier alpha value is -3.87. The van der Waals surface area contributed by atoms with Gasteiger partial charge < -0.3 is 4.42 Å². The summed E-state index contributed by atoms with van der Waals surface area (Å²) in [5.41, 5.74) is 1.78. The van der Waals surface area contributed by atoms with Gasteiger partial charge in [0.15, 0.2) is 0 Å². The van der Waals surface area contributed by atoms with Gasteiger partial charge in [-0.05, 0) is 42.0 Å². The van der Waals surface area contributed by atoms with E-state index in [-0.39, 0.29) is 10.7 Å². The van der Waals surface area contributed by atoms with Crippen molar-refractivity contribution >= 4 is 28.9 Å². The number of nitrogens with zero attached hydrogens (tertiary/aromatic N) is 3. The predicted octanol–water partition coefficient (Wildman–Crippen LogP) is 5.44. The van der Waals surface area contributed by atoms with Gasteiger partial charge in [0, 0.05) is 17.7 Å². The molecule has 0 aliphatic rings. The van der Waals surface area contributed by atoms with Gasteiger partial charge in [0.2, 0.25) is 0 Å². The van der Waals surface area contributed by atoms with Gasteiger partial charge in [-0.2, -0.15) is 10.5 Å². The summed E-state index contributed by atoms with van der Waals surface area (Å²) >= 11 is 6.12. The first-order valence-corrected chi connectivity index (χ1v) is 8.06. The van der Waals surface area contributed by atoms with Crippen molar-refractivity contribution in [2.24, 2.45) is 0 Å². The summed E-state index contributed by atoms with van der Waals surface area (Å²) in [6.45, 7) is 0. The molecule has 1 heterocycles. The predicted molar refractivity (Wildman–Crippen MR) is 100 cm³/mol. The number of nitro groups is 1. The van der Waals surface area contributed by atoms with E-state index in [9.17, 15) is 15.4 Å². The van der Waals surface area contributed by atoms with Gasteiger partial charge in [-0.1, -0.05) is 23.7 Å². The molecule has 0 atom stereocenters. The van der Waals surface area contributed by atoms with Gasteiger partial charge in [0.25, 0.3) is 5.69 Å². The highest BCUT2D eigenvalue weighted by Crippen LogP contribution is 2.33. The molecule has 0 N–H and O–H groups in total.